The Morgan fingerprint density at radius 3 is 2.67 bits per heavy atom. The predicted octanol–water partition coefficient (Wildman–Crippen LogP) is 3.95. The summed E-state index contributed by atoms with van der Waals surface area (Å²) in [5, 5.41) is 0. The Kier molecular flexibility index (Phi) is 2.81. The first-order valence-electron chi connectivity index (χ1n) is 4.48. The van der Waals surface area contributed by atoms with Crippen LogP contribution in [0.4, 0.5) is 0 Å². The molecule has 1 aromatic rings. The molecule has 0 N–H and O–H groups in total. The maximum absolute atomic E-state index is 4.25. The molecule has 1 saturated carbocycles. The summed E-state index contributed by atoms with van der Waals surface area (Å²) in [6, 6.07) is 2.18. The van der Waals surface area contributed by atoms with Crippen molar-refractivity contribution in [2.24, 2.45) is 0 Å². The summed E-state index contributed by atoms with van der Waals surface area (Å²) in [5.41, 5.74) is 0. The van der Waals surface area contributed by atoms with Gasteiger partial charge in [0.1, 0.15) is 4.60 Å². The Balaban J connectivity index is 2.08. The van der Waals surface area contributed by atoms with E-state index in [-0.39, 0.29) is 0 Å². The van der Waals surface area contributed by atoms with Crippen LogP contribution in [0.3, 0.4) is 0 Å². The number of rotatable bonds is 1. The van der Waals surface area contributed by atoms with Gasteiger partial charge >= 0.3 is 0 Å². The van der Waals surface area contributed by atoms with E-state index in [1.807, 2.05) is 0 Å². The van der Waals surface area contributed by atoms with Gasteiger partial charge in [0.25, 0.3) is 0 Å². The van der Waals surface area contributed by atoms with E-state index >= 15 is 0 Å². The van der Waals surface area contributed by atoms with Gasteiger partial charge in [-0.05, 0) is 52.3 Å². The fourth-order valence-corrected chi connectivity index (χ4v) is 3.26. The zero-order chi connectivity index (χ0) is 8.39. The monoisotopic (exact) mass is 245 g/mol. The van der Waals surface area contributed by atoms with Crippen LogP contribution in [0.15, 0.2) is 10.7 Å². The number of nitrogens with zero attached hydrogens (tertiary/aromatic N) is 1. The average Bonchev–Trinajstić information content (AvgIpc) is 2.54. The molecule has 0 atom stereocenters. The second-order valence-electron chi connectivity index (χ2n) is 3.39. The third-order valence-corrected chi connectivity index (χ3v) is 4.10. The topological polar surface area (TPSA) is 12.9 Å². The zero-order valence-corrected chi connectivity index (χ0v) is 9.33. The molecule has 0 unspecified atom stereocenters. The van der Waals surface area contributed by atoms with Crippen molar-refractivity contribution < 1.29 is 0 Å². The SMILES string of the molecule is Brc1cc(C2CCCCC2)sn1. The fraction of sp³-hybridized carbons (Fsp3) is 0.667. The van der Waals surface area contributed by atoms with E-state index in [2.05, 4.69) is 26.4 Å². The lowest BCUT2D eigenvalue weighted by Crippen LogP contribution is -2.02. The van der Waals surface area contributed by atoms with Gasteiger partial charge in [0.15, 0.2) is 0 Å². The van der Waals surface area contributed by atoms with Crippen LogP contribution < -0.4 is 0 Å². The number of halogens is 1. The van der Waals surface area contributed by atoms with Gasteiger partial charge in [-0.25, -0.2) is 0 Å². The minimum Gasteiger partial charge on any atom is -0.185 e. The lowest BCUT2D eigenvalue weighted by Gasteiger charge is -2.19. The molecule has 0 amide bonds. The van der Waals surface area contributed by atoms with Gasteiger partial charge in [0.2, 0.25) is 0 Å². The first kappa shape index (κ1) is 8.70. The Morgan fingerprint density at radius 2 is 2.08 bits per heavy atom. The van der Waals surface area contributed by atoms with Gasteiger partial charge in [-0.3, -0.25) is 0 Å². The predicted molar refractivity (Wildman–Crippen MR) is 55.6 cm³/mol. The maximum atomic E-state index is 4.25. The second kappa shape index (κ2) is 3.88. The molecule has 0 radical (unpaired) electrons. The van der Waals surface area contributed by atoms with Gasteiger partial charge in [0.05, 0.1) is 0 Å². The molecule has 0 spiro atoms. The molecular weight excluding hydrogens is 234 g/mol. The van der Waals surface area contributed by atoms with Crippen molar-refractivity contribution in [3.63, 3.8) is 0 Å². The van der Waals surface area contributed by atoms with Crippen LogP contribution in [0.5, 0.6) is 0 Å². The lowest BCUT2D eigenvalue weighted by atomic mass is 9.88. The number of hydrogen-bond donors (Lipinski definition) is 0. The molecule has 1 aliphatic carbocycles. The van der Waals surface area contributed by atoms with Crippen molar-refractivity contribution in [2.45, 2.75) is 38.0 Å². The number of hydrogen-bond acceptors (Lipinski definition) is 2. The molecule has 1 heterocycles. The molecular formula is C9H12BrNS. The first-order valence-corrected chi connectivity index (χ1v) is 6.05. The van der Waals surface area contributed by atoms with Crippen LogP contribution in [-0.2, 0) is 0 Å². The summed E-state index contributed by atoms with van der Waals surface area (Å²) in [6.07, 6.45) is 6.97. The molecule has 2 rings (SSSR count). The van der Waals surface area contributed by atoms with Crippen LogP contribution in [0.2, 0.25) is 0 Å². The van der Waals surface area contributed by atoms with Crippen molar-refractivity contribution in [1.29, 1.82) is 0 Å². The lowest BCUT2D eigenvalue weighted by molar-refractivity contribution is 0.448. The Morgan fingerprint density at radius 1 is 1.33 bits per heavy atom. The van der Waals surface area contributed by atoms with Crippen LogP contribution in [0, 0.1) is 0 Å². The van der Waals surface area contributed by atoms with Gasteiger partial charge < -0.3 is 0 Å². The van der Waals surface area contributed by atoms with Gasteiger partial charge in [-0.2, -0.15) is 4.37 Å². The van der Waals surface area contributed by atoms with Crippen LogP contribution in [-0.4, -0.2) is 4.37 Å². The van der Waals surface area contributed by atoms with Crippen LogP contribution in [0.25, 0.3) is 0 Å². The largest absolute Gasteiger partial charge is 0.185 e. The van der Waals surface area contributed by atoms with E-state index in [1.165, 1.54) is 37.0 Å². The minimum atomic E-state index is 0.808. The van der Waals surface area contributed by atoms with E-state index in [1.54, 1.807) is 11.5 Å². The number of aromatic nitrogens is 1. The Hall–Kier alpha value is 0.110. The standard InChI is InChI=1S/C9H12BrNS/c10-9-6-8(12-11-9)7-4-2-1-3-5-7/h6-7H,1-5H2. The molecule has 0 aromatic carbocycles. The van der Waals surface area contributed by atoms with Gasteiger partial charge in [0, 0.05) is 4.88 Å². The fourth-order valence-electron chi connectivity index (χ4n) is 1.85. The smallest absolute Gasteiger partial charge is 0.120 e. The van der Waals surface area contributed by atoms with E-state index in [4.69, 9.17) is 0 Å². The third kappa shape index (κ3) is 1.88. The van der Waals surface area contributed by atoms with Crippen molar-refractivity contribution in [3.8, 4) is 0 Å². The molecule has 1 fully saturated rings. The van der Waals surface area contributed by atoms with Crippen LogP contribution >= 0.6 is 27.5 Å². The Bertz CT molecular complexity index is 253. The van der Waals surface area contributed by atoms with E-state index in [0.717, 1.165) is 10.5 Å². The first-order chi connectivity index (χ1) is 5.86. The molecule has 0 bridgehead atoms. The quantitative estimate of drug-likeness (QED) is 0.731. The average molecular weight is 246 g/mol. The third-order valence-electron chi connectivity index (χ3n) is 2.51. The van der Waals surface area contributed by atoms with Gasteiger partial charge in [-0.15, -0.1) is 0 Å². The summed E-state index contributed by atoms with van der Waals surface area (Å²) in [6.45, 7) is 0. The highest BCUT2D eigenvalue weighted by molar-refractivity contribution is 9.10. The summed E-state index contributed by atoms with van der Waals surface area (Å²) >= 11 is 5.06. The highest BCUT2D eigenvalue weighted by atomic mass is 79.9. The second-order valence-corrected chi connectivity index (χ2v) is 5.04. The summed E-state index contributed by atoms with van der Waals surface area (Å²) < 4.78 is 5.26. The zero-order valence-electron chi connectivity index (χ0n) is 6.92. The van der Waals surface area contributed by atoms with Crippen molar-refractivity contribution in [1.82, 2.24) is 4.37 Å². The summed E-state index contributed by atoms with van der Waals surface area (Å²) in [5.74, 6) is 0.808. The van der Waals surface area contributed by atoms with Crippen molar-refractivity contribution in [2.75, 3.05) is 0 Å². The molecule has 1 aromatic heterocycles. The molecule has 0 aliphatic heterocycles. The summed E-state index contributed by atoms with van der Waals surface area (Å²) in [7, 11) is 0. The molecule has 0 saturated heterocycles. The van der Waals surface area contributed by atoms with E-state index in [9.17, 15) is 0 Å². The van der Waals surface area contributed by atoms with E-state index < -0.39 is 0 Å². The van der Waals surface area contributed by atoms with Crippen LogP contribution in [0.1, 0.15) is 42.9 Å². The van der Waals surface area contributed by atoms with Crippen molar-refractivity contribution in [3.05, 3.63) is 15.5 Å². The molecule has 3 heteroatoms. The van der Waals surface area contributed by atoms with Gasteiger partial charge in [-0.1, -0.05) is 19.3 Å². The molecule has 12 heavy (non-hydrogen) atoms. The molecule has 66 valence electrons. The highest BCUT2D eigenvalue weighted by Crippen LogP contribution is 2.35. The van der Waals surface area contributed by atoms with Crippen molar-refractivity contribution >= 4 is 27.5 Å². The maximum Gasteiger partial charge on any atom is 0.120 e. The van der Waals surface area contributed by atoms with E-state index in [0.29, 0.717) is 0 Å². The normalized spacial score (nSPS) is 19.8. The Labute approximate surface area is 85.5 Å². The molecule has 1 aliphatic rings. The minimum absolute atomic E-state index is 0.808. The summed E-state index contributed by atoms with van der Waals surface area (Å²) in [4.78, 5) is 1.47. The molecule has 1 nitrogen and oxygen atoms in total. The highest BCUT2D eigenvalue weighted by Gasteiger charge is 2.17.